The predicted octanol–water partition coefficient (Wildman–Crippen LogP) is 3.10. The molecule has 1 unspecified atom stereocenters. The molecule has 0 aliphatic carbocycles. The van der Waals surface area contributed by atoms with E-state index in [1.54, 1.807) is 31.2 Å². The summed E-state index contributed by atoms with van der Waals surface area (Å²) in [6.45, 7) is 2.17. The summed E-state index contributed by atoms with van der Waals surface area (Å²) in [6, 6.07) is 9.44. The molecule has 2 N–H and O–H groups in total. The molecule has 3 aromatic rings. The Hall–Kier alpha value is -3.26. The Morgan fingerprint density at radius 1 is 1.29 bits per heavy atom. The maximum Gasteiger partial charge on any atom is 0.202 e. The van der Waals surface area contributed by atoms with Crippen LogP contribution in [0, 0.1) is 5.82 Å². The van der Waals surface area contributed by atoms with Crippen molar-refractivity contribution in [3.8, 4) is 11.5 Å². The summed E-state index contributed by atoms with van der Waals surface area (Å²) in [4.78, 5) is 16.9. The first-order chi connectivity index (χ1) is 13.4. The van der Waals surface area contributed by atoms with Crippen LogP contribution in [0.4, 0.5) is 4.39 Å². The molecule has 1 aliphatic heterocycles. The fourth-order valence-electron chi connectivity index (χ4n) is 3.19. The number of ether oxygens (including phenoxy) is 1. The predicted molar refractivity (Wildman–Crippen MR) is 98.4 cm³/mol. The number of Topliss-reactive ketones (excluding diaryl/α,β-unsaturated/α-hetero) is 1. The van der Waals surface area contributed by atoms with Crippen molar-refractivity contribution in [3.63, 3.8) is 0 Å². The Balaban J connectivity index is 1.57. The van der Waals surface area contributed by atoms with E-state index >= 15 is 0 Å². The minimum absolute atomic E-state index is 0.0353. The highest BCUT2D eigenvalue weighted by molar-refractivity contribution is 5.96. The van der Waals surface area contributed by atoms with Crippen LogP contribution >= 0.6 is 0 Å². The molecule has 3 heterocycles. The van der Waals surface area contributed by atoms with E-state index in [1.165, 1.54) is 18.4 Å². The van der Waals surface area contributed by atoms with Gasteiger partial charge in [0.15, 0.2) is 17.2 Å². The molecular weight excluding hydrogens is 365 g/mol. The van der Waals surface area contributed by atoms with Gasteiger partial charge in [-0.2, -0.15) is 0 Å². The lowest BCUT2D eigenvalue weighted by Gasteiger charge is -2.30. The van der Waals surface area contributed by atoms with Gasteiger partial charge in [0.25, 0.3) is 0 Å². The third-order valence-electron chi connectivity index (χ3n) is 4.56. The number of carbonyl (C=O) groups excluding carboxylic acids is 1. The summed E-state index contributed by atoms with van der Waals surface area (Å²) in [5, 5.41) is 3.80. The smallest absolute Gasteiger partial charge is 0.202 e. The van der Waals surface area contributed by atoms with Gasteiger partial charge in [-0.3, -0.25) is 9.79 Å². The van der Waals surface area contributed by atoms with E-state index < -0.39 is 11.4 Å². The second-order valence-electron chi connectivity index (χ2n) is 6.84. The summed E-state index contributed by atoms with van der Waals surface area (Å²) in [5.74, 6) is 0.471. The average Bonchev–Trinajstić information content (AvgIpc) is 3.34. The number of rotatable bonds is 5. The topological polar surface area (TPSA) is 104 Å². The number of hydrogen-bond donors (Lipinski definition) is 1. The molecule has 4 rings (SSSR count). The maximum atomic E-state index is 14.5. The number of aliphatic imine (C=N–C) groups is 1. The van der Waals surface area contributed by atoms with Crippen LogP contribution in [0.5, 0.6) is 0 Å². The Morgan fingerprint density at radius 2 is 2.14 bits per heavy atom. The number of nitrogens with zero attached hydrogens (tertiary/aromatic N) is 2. The number of furan rings is 1. The number of amidine groups is 1. The minimum Gasteiger partial charge on any atom is -0.461 e. The SMILES string of the molecule is CC1(c2cc(CC(=O)c3cc(-c4ccco4)on3)ccc2F)COCC(N)=N1. The molecule has 0 bridgehead atoms. The minimum atomic E-state index is -0.939. The Kier molecular flexibility index (Phi) is 4.56. The van der Waals surface area contributed by atoms with Gasteiger partial charge in [-0.15, -0.1) is 0 Å². The molecule has 1 aromatic carbocycles. The lowest BCUT2D eigenvalue weighted by molar-refractivity contribution is 0.0983. The first-order valence-electron chi connectivity index (χ1n) is 8.69. The van der Waals surface area contributed by atoms with Crippen LogP contribution in [0.3, 0.4) is 0 Å². The Morgan fingerprint density at radius 3 is 2.89 bits per heavy atom. The quantitative estimate of drug-likeness (QED) is 0.679. The second-order valence-corrected chi connectivity index (χ2v) is 6.84. The van der Waals surface area contributed by atoms with E-state index in [2.05, 4.69) is 10.1 Å². The largest absolute Gasteiger partial charge is 0.461 e. The van der Waals surface area contributed by atoms with Gasteiger partial charge in [0.05, 0.1) is 12.9 Å². The van der Waals surface area contributed by atoms with Crippen LogP contribution in [-0.2, 0) is 16.7 Å². The molecule has 0 radical (unpaired) electrons. The molecule has 144 valence electrons. The van der Waals surface area contributed by atoms with E-state index in [1.807, 2.05) is 0 Å². The normalized spacial score (nSPS) is 19.4. The zero-order chi connectivity index (χ0) is 19.7. The maximum absolute atomic E-state index is 14.5. The number of hydrogen-bond acceptors (Lipinski definition) is 7. The second kappa shape index (κ2) is 7.05. The van der Waals surface area contributed by atoms with E-state index in [0.717, 1.165) is 0 Å². The molecular formula is C20H18FN3O4. The van der Waals surface area contributed by atoms with Crippen molar-refractivity contribution in [1.29, 1.82) is 0 Å². The molecule has 2 aromatic heterocycles. The molecule has 28 heavy (non-hydrogen) atoms. The lowest BCUT2D eigenvalue weighted by Crippen LogP contribution is -2.38. The summed E-state index contributed by atoms with van der Waals surface area (Å²) in [5.41, 5.74) is 5.95. The van der Waals surface area contributed by atoms with Crippen molar-refractivity contribution >= 4 is 11.6 Å². The van der Waals surface area contributed by atoms with Gasteiger partial charge in [-0.25, -0.2) is 4.39 Å². The first kappa shape index (κ1) is 18.1. The van der Waals surface area contributed by atoms with Crippen LogP contribution in [0.15, 0.2) is 56.6 Å². The molecule has 0 saturated carbocycles. The lowest BCUT2D eigenvalue weighted by atomic mass is 9.90. The van der Waals surface area contributed by atoms with Crippen LogP contribution in [0.25, 0.3) is 11.5 Å². The van der Waals surface area contributed by atoms with Crippen molar-refractivity contribution in [2.45, 2.75) is 18.9 Å². The molecule has 0 saturated heterocycles. The van der Waals surface area contributed by atoms with E-state index in [0.29, 0.717) is 28.5 Å². The number of aromatic nitrogens is 1. The van der Waals surface area contributed by atoms with Crippen molar-refractivity contribution in [2.75, 3.05) is 13.2 Å². The number of ketones is 1. The Labute approximate surface area is 160 Å². The summed E-state index contributed by atoms with van der Waals surface area (Å²) in [7, 11) is 0. The van der Waals surface area contributed by atoms with E-state index in [9.17, 15) is 9.18 Å². The monoisotopic (exact) mass is 383 g/mol. The van der Waals surface area contributed by atoms with Gasteiger partial charge < -0.3 is 19.4 Å². The molecule has 1 atom stereocenters. The van der Waals surface area contributed by atoms with Crippen molar-refractivity contribution in [3.05, 3.63) is 65.3 Å². The summed E-state index contributed by atoms with van der Waals surface area (Å²) >= 11 is 0. The molecule has 0 spiro atoms. The molecule has 1 aliphatic rings. The number of carbonyl (C=O) groups is 1. The molecule has 0 fully saturated rings. The molecule has 7 nitrogen and oxygen atoms in total. The van der Waals surface area contributed by atoms with Crippen molar-refractivity contribution in [1.82, 2.24) is 5.16 Å². The number of nitrogens with two attached hydrogens (primary N) is 1. The van der Waals surface area contributed by atoms with Crippen molar-refractivity contribution < 1.29 is 22.9 Å². The fraction of sp³-hybridized carbons (Fsp3) is 0.250. The zero-order valence-electron chi connectivity index (χ0n) is 15.1. The van der Waals surface area contributed by atoms with Gasteiger partial charge in [0, 0.05) is 18.1 Å². The molecule has 8 heteroatoms. The molecule has 0 amide bonds. The van der Waals surface area contributed by atoms with Crippen LogP contribution in [0.2, 0.25) is 0 Å². The van der Waals surface area contributed by atoms with E-state index in [-0.39, 0.29) is 31.1 Å². The van der Waals surface area contributed by atoms with Crippen molar-refractivity contribution in [2.24, 2.45) is 10.7 Å². The Bertz CT molecular complexity index is 1040. The van der Waals surface area contributed by atoms with Gasteiger partial charge >= 0.3 is 0 Å². The van der Waals surface area contributed by atoms with Crippen LogP contribution in [0.1, 0.15) is 28.5 Å². The number of benzene rings is 1. The summed E-state index contributed by atoms with van der Waals surface area (Å²) < 4.78 is 30.3. The van der Waals surface area contributed by atoms with E-state index in [4.69, 9.17) is 19.4 Å². The average molecular weight is 383 g/mol. The zero-order valence-corrected chi connectivity index (χ0v) is 15.1. The van der Waals surface area contributed by atoms with Crippen LogP contribution in [-0.4, -0.2) is 30.0 Å². The fourth-order valence-corrected chi connectivity index (χ4v) is 3.19. The van der Waals surface area contributed by atoms with Gasteiger partial charge in [0.1, 0.15) is 23.8 Å². The van der Waals surface area contributed by atoms with Gasteiger partial charge in [-0.05, 0) is 36.8 Å². The third kappa shape index (κ3) is 3.46. The first-order valence-corrected chi connectivity index (χ1v) is 8.69. The summed E-state index contributed by atoms with van der Waals surface area (Å²) in [6.07, 6.45) is 1.54. The van der Waals surface area contributed by atoms with Crippen LogP contribution < -0.4 is 5.73 Å². The highest BCUT2D eigenvalue weighted by atomic mass is 19.1. The highest BCUT2D eigenvalue weighted by Crippen LogP contribution is 2.31. The highest BCUT2D eigenvalue weighted by Gasteiger charge is 2.33. The third-order valence-corrected chi connectivity index (χ3v) is 4.56. The standard InChI is InChI=1S/C20H18FN3O4/c1-20(11-26-10-19(22)23-20)13-7-12(4-5-14(13)21)8-16(25)15-9-18(28-24-15)17-3-2-6-27-17/h2-7,9H,8,10-11H2,1H3,(H2,22,23). The number of halogens is 1. The van der Waals surface area contributed by atoms with Gasteiger partial charge in [-0.1, -0.05) is 11.2 Å². The van der Waals surface area contributed by atoms with Gasteiger partial charge in [0.2, 0.25) is 5.76 Å².